The quantitative estimate of drug-likeness (QED) is 0.635. The van der Waals surface area contributed by atoms with E-state index in [1.54, 1.807) is 30.3 Å². The molecule has 7 nitrogen and oxygen atoms in total. The Labute approximate surface area is 195 Å². The molecule has 0 spiro atoms. The molecule has 2 aromatic rings. The van der Waals surface area contributed by atoms with Crippen LogP contribution in [0.25, 0.3) is 0 Å². The maximum atomic E-state index is 13.2. The van der Waals surface area contributed by atoms with Crippen molar-refractivity contribution in [2.45, 2.75) is 46.6 Å². The monoisotopic (exact) mass is 451 g/mol. The highest BCUT2D eigenvalue weighted by atomic mass is 16.5. The van der Waals surface area contributed by atoms with Gasteiger partial charge in [-0.15, -0.1) is 0 Å². The van der Waals surface area contributed by atoms with Crippen LogP contribution in [0, 0.1) is 12.8 Å². The second-order valence-corrected chi connectivity index (χ2v) is 8.64. The molecule has 0 bridgehead atoms. The highest BCUT2D eigenvalue weighted by molar-refractivity contribution is 6.07. The molecule has 1 unspecified atom stereocenters. The summed E-state index contributed by atoms with van der Waals surface area (Å²) in [5, 5.41) is 5.73. The predicted octanol–water partition coefficient (Wildman–Crippen LogP) is 4.02. The van der Waals surface area contributed by atoms with E-state index in [4.69, 9.17) is 4.74 Å². The van der Waals surface area contributed by atoms with Crippen LogP contribution in [0.3, 0.4) is 0 Å². The van der Waals surface area contributed by atoms with Crippen molar-refractivity contribution in [2.24, 2.45) is 5.92 Å². The van der Waals surface area contributed by atoms with Crippen molar-refractivity contribution in [3.8, 4) is 5.75 Å². The molecule has 3 amide bonds. The highest BCUT2D eigenvalue weighted by Crippen LogP contribution is 2.24. The van der Waals surface area contributed by atoms with Gasteiger partial charge in [-0.05, 0) is 68.5 Å². The van der Waals surface area contributed by atoms with Crippen molar-refractivity contribution in [2.75, 3.05) is 25.0 Å². The fraction of sp³-hybridized carbons (Fsp3) is 0.423. The fourth-order valence-corrected chi connectivity index (χ4v) is 3.97. The second-order valence-electron chi connectivity index (χ2n) is 8.64. The van der Waals surface area contributed by atoms with Crippen LogP contribution in [-0.2, 0) is 4.79 Å². The van der Waals surface area contributed by atoms with E-state index < -0.39 is 6.04 Å². The van der Waals surface area contributed by atoms with Crippen molar-refractivity contribution < 1.29 is 19.1 Å². The van der Waals surface area contributed by atoms with Crippen LogP contribution in [0.2, 0.25) is 0 Å². The van der Waals surface area contributed by atoms with E-state index >= 15 is 0 Å². The van der Waals surface area contributed by atoms with Gasteiger partial charge >= 0.3 is 0 Å². The number of nitrogens with one attached hydrogen (secondary N) is 2. The molecule has 2 aromatic carbocycles. The third-order valence-corrected chi connectivity index (χ3v) is 5.80. The summed E-state index contributed by atoms with van der Waals surface area (Å²) >= 11 is 0. The Kier molecular flexibility index (Phi) is 8.09. The zero-order chi connectivity index (χ0) is 24.0. The third-order valence-electron chi connectivity index (χ3n) is 5.80. The van der Waals surface area contributed by atoms with Crippen molar-refractivity contribution >= 4 is 23.4 Å². The maximum absolute atomic E-state index is 13.2. The van der Waals surface area contributed by atoms with Gasteiger partial charge in [0.05, 0.1) is 17.9 Å². The predicted molar refractivity (Wildman–Crippen MR) is 129 cm³/mol. The Morgan fingerprint density at radius 3 is 2.30 bits per heavy atom. The molecular weight excluding hydrogens is 418 g/mol. The van der Waals surface area contributed by atoms with E-state index in [-0.39, 0.29) is 23.6 Å². The molecule has 7 heteroatoms. The number of carbonyl (C=O) groups excluding carboxylic acids is 3. The molecule has 33 heavy (non-hydrogen) atoms. The summed E-state index contributed by atoms with van der Waals surface area (Å²) in [6, 6.07) is 11.4. The first-order valence-corrected chi connectivity index (χ1v) is 11.5. The van der Waals surface area contributed by atoms with E-state index in [2.05, 4.69) is 10.6 Å². The minimum absolute atomic E-state index is 0.0691. The summed E-state index contributed by atoms with van der Waals surface area (Å²) in [7, 11) is 0. The minimum Gasteiger partial charge on any atom is -0.494 e. The van der Waals surface area contributed by atoms with Gasteiger partial charge in [0.2, 0.25) is 5.91 Å². The molecular formula is C26H33N3O4. The van der Waals surface area contributed by atoms with Crippen LogP contribution in [0.5, 0.6) is 5.75 Å². The molecule has 3 rings (SSSR count). The molecule has 0 aliphatic carbocycles. The van der Waals surface area contributed by atoms with Gasteiger partial charge < -0.3 is 20.3 Å². The fourth-order valence-electron chi connectivity index (χ4n) is 3.97. The van der Waals surface area contributed by atoms with Gasteiger partial charge in [0, 0.05) is 18.7 Å². The van der Waals surface area contributed by atoms with Crippen molar-refractivity contribution in [1.82, 2.24) is 10.2 Å². The number of hydrogen-bond donors (Lipinski definition) is 2. The molecule has 1 heterocycles. The van der Waals surface area contributed by atoms with Crippen LogP contribution < -0.4 is 15.4 Å². The number of aryl methyl sites for hydroxylation is 1. The summed E-state index contributed by atoms with van der Waals surface area (Å²) in [5.41, 5.74) is 2.23. The van der Waals surface area contributed by atoms with Crippen LogP contribution in [0.1, 0.15) is 59.9 Å². The number of hydrogen-bond acceptors (Lipinski definition) is 4. The third kappa shape index (κ3) is 5.92. The Morgan fingerprint density at radius 1 is 1.03 bits per heavy atom. The van der Waals surface area contributed by atoms with Crippen molar-refractivity contribution in [3.05, 3.63) is 59.2 Å². The number of amides is 3. The SMILES string of the molecule is CCOc1ccc(C(=O)NC(C(=O)Nc2cccc(C)c2C(=O)N2CCCC2)C(C)C)cc1. The van der Waals surface area contributed by atoms with Gasteiger partial charge in [-0.2, -0.15) is 0 Å². The minimum atomic E-state index is -0.765. The first-order valence-electron chi connectivity index (χ1n) is 11.5. The van der Waals surface area contributed by atoms with Crippen molar-refractivity contribution in [3.63, 3.8) is 0 Å². The molecule has 1 aliphatic heterocycles. The Bertz CT molecular complexity index is 995. The Balaban J connectivity index is 1.76. The molecule has 176 valence electrons. The molecule has 0 saturated carbocycles. The van der Waals surface area contributed by atoms with E-state index in [1.807, 2.05) is 44.7 Å². The second kappa shape index (κ2) is 11.0. The zero-order valence-corrected chi connectivity index (χ0v) is 19.8. The standard InChI is InChI=1S/C26H33N3O4/c1-5-33-20-13-11-19(12-14-20)24(30)28-23(17(2)3)25(31)27-21-10-8-9-18(4)22(21)26(32)29-15-6-7-16-29/h8-14,17,23H,5-7,15-16H2,1-4H3,(H,27,31)(H,28,30). The maximum Gasteiger partial charge on any atom is 0.256 e. The summed E-state index contributed by atoms with van der Waals surface area (Å²) < 4.78 is 5.41. The molecule has 1 atom stereocenters. The Morgan fingerprint density at radius 2 is 1.70 bits per heavy atom. The van der Waals surface area contributed by atoms with Crippen LogP contribution >= 0.6 is 0 Å². The number of likely N-dealkylation sites (tertiary alicyclic amines) is 1. The lowest BCUT2D eigenvalue weighted by atomic mass is 10.0. The van der Waals surface area contributed by atoms with Crippen molar-refractivity contribution in [1.29, 1.82) is 0 Å². The number of ether oxygens (including phenoxy) is 1. The summed E-state index contributed by atoms with van der Waals surface area (Å²) in [6.45, 7) is 9.50. The largest absolute Gasteiger partial charge is 0.494 e. The first kappa shape index (κ1) is 24.3. The normalized spacial score (nSPS) is 14.2. The summed E-state index contributed by atoms with van der Waals surface area (Å²) in [6.07, 6.45) is 1.98. The van der Waals surface area contributed by atoms with E-state index in [0.717, 1.165) is 31.5 Å². The van der Waals surface area contributed by atoms with Gasteiger partial charge in [-0.25, -0.2) is 0 Å². The number of anilines is 1. The molecule has 0 radical (unpaired) electrons. The van der Waals surface area contributed by atoms with Crippen LogP contribution in [-0.4, -0.2) is 48.4 Å². The average molecular weight is 452 g/mol. The van der Waals surface area contributed by atoms with E-state index in [9.17, 15) is 14.4 Å². The first-order chi connectivity index (χ1) is 15.8. The molecule has 1 aliphatic rings. The van der Waals surface area contributed by atoms with Crippen LogP contribution in [0.15, 0.2) is 42.5 Å². The van der Waals surface area contributed by atoms with E-state index in [1.165, 1.54) is 0 Å². The summed E-state index contributed by atoms with van der Waals surface area (Å²) in [4.78, 5) is 40.9. The van der Waals surface area contributed by atoms with Gasteiger partial charge in [0.1, 0.15) is 11.8 Å². The smallest absolute Gasteiger partial charge is 0.256 e. The topological polar surface area (TPSA) is 87.7 Å². The zero-order valence-electron chi connectivity index (χ0n) is 19.8. The van der Waals surface area contributed by atoms with Gasteiger partial charge in [0.15, 0.2) is 0 Å². The lowest BCUT2D eigenvalue weighted by Crippen LogP contribution is -2.47. The molecule has 2 N–H and O–H groups in total. The van der Waals surface area contributed by atoms with Gasteiger partial charge in [0.25, 0.3) is 11.8 Å². The highest BCUT2D eigenvalue weighted by Gasteiger charge is 2.28. The van der Waals surface area contributed by atoms with Gasteiger partial charge in [-0.1, -0.05) is 26.0 Å². The number of nitrogens with zero attached hydrogens (tertiary/aromatic N) is 1. The number of benzene rings is 2. The number of rotatable bonds is 8. The average Bonchev–Trinajstić information content (AvgIpc) is 3.32. The Hall–Kier alpha value is -3.35. The molecule has 0 aromatic heterocycles. The van der Waals surface area contributed by atoms with Crippen LogP contribution in [0.4, 0.5) is 5.69 Å². The molecule has 1 fully saturated rings. The number of carbonyl (C=O) groups is 3. The summed E-state index contributed by atoms with van der Waals surface area (Å²) in [5.74, 6) is -0.240. The van der Waals surface area contributed by atoms with Gasteiger partial charge in [-0.3, -0.25) is 14.4 Å². The van der Waals surface area contributed by atoms with E-state index in [0.29, 0.717) is 29.2 Å². The molecule has 1 saturated heterocycles. The lowest BCUT2D eigenvalue weighted by Gasteiger charge is -2.24. The lowest BCUT2D eigenvalue weighted by molar-refractivity contribution is -0.118.